The number of rotatable bonds is 17. The largest absolute Gasteiger partial charge is 0.460 e. The molecule has 0 saturated heterocycles. The Morgan fingerprint density at radius 2 is 1.50 bits per heavy atom. The van der Waals surface area contributed by atoms with Gasteiger partial charge >= 0.3 is 11.9 Å². The summed E-state index contributed by atoms with van der Waals surface area (Å²) in [5.41, 5.74) is 0. The lowest BCUT2D eigenvalue weighted by atomic mass is 9.84. The number of carbonyl (C=O) groups excluding carboxylic acids is 2. The van der Waals surface area contributed by atoms with Crippen molar-refractivity contribution in [3.05, 3.63) is 0 Å². The fraction of sp³-hybridized carbons (Fsp3) is 0.900. The number of methoxy groups -OCH3 is 1. The van der Waals surface area contributed by atoms with Gasteiger partial charge in [-0.15, -0.1) is 0 Å². The Kier molecular flexibility index (Phi) is 13.9. The molecule has 0 amide bonds. The van der Waals surface area contributed by atoms with Crippen LogP contribution >= 0.6 is 0 Å². The second kappa shape index (κ2) is 15.6. The highest BCUT2D eigenvalue weighted by Crippen LogP contribution is 2.29. The Hall–Kier alpha value is -1.20. The fourth-order valence-electron chi connectivity index (χ4n) is 3.12. The first-order valence-corrected chi connectivity index (χ1v) is 10.7. The van der Waals surface area contributed by atoms with Gasteiger partial charge in [0, 0.05) is 33.2 Å². The molecule has 0 aromatic heterocycles. The van der Waals surface area contributed by atoms with Gasteiger partial charge in [0.2, 0.25) is 0 Å². The van der Waals surface area contributed by atoms with E-state index in [0.29, 0.717) is 26.1 Å². The van der Waals surface area contributed by atoms with Gasteiger partial charge in [-0.1, -0.05) is 12.8 Å². The molecule has 9 nitrogen and oxygen atoms in total. The summed E-state index contributed by atoms with van der Waals surface area (Å²) in [5.74, 6) is -0.751. The van der Waals surface area contributed by atoms with Crippen LogP contribution in [0.4, 0.5) is 0 Å². The van der Waals surface area contributed by atoms with Crippen LogP contribution in [-0.4, -0.2) is 87.7 Å². The Balaban J connectivity index is 2.25. The third-order valence-electron chi connectivity index (χ3n) is 4.93. The van der Waals surface area contributed by atoms with Gasteiger partial charge in [-0.05, 0) is 32.6 Å². The van der Waals surface area contributed by atoms with E-state index in [2.05, 4.69) is 0 Å². The minimum absolute atomic E-state index is 0.0366. The molecule has 0 bridgehead atoms. The monoisotopic (exact) mass is 432 g/mol. The Labute approximate surface area is 179 Å². The summed E-state index contributed by atoms with van der Waals surface area (Å²) in [6.07, 6.45) is 0.837. The van der Waals surface area contributed by atoms with Crippen LogP contribution in [0, 0.1) is 0 Å². The van der Waals surface area contributed by atoms with Crippen LogP contribution in [0.5, 0.6) is 0 Å². The summed E-state index contributed by atoms with van der Waals surface area (Å²) in [4.78, 5) is 23.8. The minimum atomic E-state index is -1.18. The molecule has 1 saturated carbocycles. The van der Waals surface area contributed by atoms with E-state index in [1.807, 2.05) is 0 Å². The van der Waals surface area contributed by atoms with Gasteiger partial charge < -0.3 is 33.8 Å². The van der Waals surface area contributed by atoms with E-state index in [9.17, 15) is 19.8 Å². The predicted molar refractivity (Wildman–Crippen MR) is 110 cm³/mol. The first kappa shape index (κ1) is 26.8. The number of unbranched alkanes of at least 4 members (excludes halogenated alkanes) is 4. The van der Waals surface area contributed by atoms with Crippen molar-refractivity contribution in [2.75, 3.05) is 26.9 Å². The van der Waals surface area contributed by atoms with E-state index < -0.39 is 36.5 Å². The Bertz CT molecular complexity index is 491. The fourth-order valence-corrected chi connectivity index (χ4v) is 3.12. The van der Waals surface area contributed by atoms with Gasteiger partial charge in [0.15, 0.2) is 6.10 Å². The first-order chi connectivity index (χ1) is 14.4. The molecule has 0 aromatic carbocycles. The highest BCUT2D eigenvalue weighted by molar-refractivity contribution is 5.97. The SMILES string of the molecule is BOCCCCCC(=O)OC(C)COC1C(O)C(O)C1OC(=O)CCCCCOC. The lowest BCUT2D eigenvalue weighted by Crippen LogP contribution is -2.66. The van der Waals surface area contributed by atoms with E-state index in [1.54, 1.807) is 22.1 Å². The van der Waals surface area contributed by atoms with E-state index in [0.717, 1.165) is 32.1 Å². The molecule has 0 radical (unpaired) electrons. The molecule has 1 aliphatic rings. The maximum absolute atomic E-state index is 11.9. The van der Waals surface area contributed by atoms with Crippen molar-refractivity contribution in [3.8, 4) is 0 Å². The Morgan fingerprint density at radius 3 is 2.13 bits per heavy atom. The lowest BCUT2D eigenvalue weighted by Gasteiger charge is -2.44. The highest BCUT2D eigenvalue weighted by atomic mass is 16.6. The summed E-state index contributed by atoms with van der Waals surface area (Å²) in [7, 11) is 3.27. The minimum Gasteiger partial charge on any atom is -0.460 e. The first-order valence-electron chi connectivity index (χ1n) is 10.7. The summed E-state index contributed by atoms with van der Waals surface area (Å²) < 4.78 is 26.0. The molecule has 1 aliphatic carbocycles. The summed E-state index contributed by atoms with van der Waals surface area (Å²) >= 11 is 0. The van der Waals surface area contributed by atoms with E-state index in [4.69, 9.17) is 23.6 Å². The van der Waals surface area contributed by atoms with E-state index >= 15 is 0 Å². The highest BCUT2D eigenvalue weighted by Gasteiger charge is 2.53. The van der Waals surface area contributed by atoms with Gasteiger partial charge in [0.1, 0.15) is 24.4 Å². The van der Waals surface area contributed by atoms with Gasteiger partial charge in [0.25, 0.3) is 8.05 Å². The predicted octanol–water partition coefficient (Wildman–Crippen LogP) is 0.282. The molecule has 0 aromatic rings. The quantitative estimate of drug-likeness (QED) is 0.190. The van der Waals surface area contributed by atoms with Crippen LogP contribution in [0.25, 0.3) is 0 Å². The standard InChI is InChI=1S/C20H37BO9/c1-14(29-15(22)9-6-4-8-12-28-21)13-27-19-17(24)18(25)20(19)30-16(23)10-5-3-7-11-26-2/h14,17-20,24-25H,3-13,21H2,1-2H3. The number of aliphatic hydroxyl groups is 2. The molecule has 174 valence electrons. The third kappa shape index (κ3) is 10.2. The van der Waals surface area contributed by atoms with Crippen molar-refractivity contribution in [2.45, 2.75) is 88.8 Å². The molecular formula is C20H37BO9. The zero-order chi connectivity index (χ0) is 22.4. The van der Waals surface area contributed by atoms with Crippen molar-refractivity contribution in [3.63, 3.8) is 0 Å². The van der Waals surface area contributed by atoms with Crippen LogP contribution in [0.2, 0.25) is 0 Å². The van der Waals surface area contributed by atoms with Crippen molar-refractivity contribution >= 4 is 20.0 Å². The van der Waals surface area contributed by atoms with Gasteiger partial charge in [-0.3, -0.25) is 9.59 Å². The molecule has 1 rings (SSSR count). The number of aliphatic hydroxyl groups excluding tert-OH is 2. The van der Waals surface area contributed by atoms with Crippen LogP contribution < -0.4 is 0 Å². The smallest absolute Gasteiger partial charge is 0.306 e. The summed E-state index contributed by atoms with van der Waals surface area (Å²) in [6.45, 7) is 3.05. The zero-order valence-electron chi connectivity index (χ0n) is 18.4. The topological polar surface area (TPSA) is 121 Å². The van der Waals surface area contributed by atoms with Crippen LogP contribution in [0.1, 0.15) is 58.3 Å². The van der Waals surface area contributed by atoms with Crippen molar-refractivity contribution in [1.29, 1.82) is 0 Å². The average Bonchev–Trinajstić information content (AvgIpc) is 2.72. The van der Waals surface area contributed by atoms with Crippen LogP contribution in [0.3, 0.4) is 0 Å². The normalized spacial score (nSPS) is 24.1. The lowest BCUT2D eigenvalue weighted by molar-refractivity contribution is -0.255. The zero-order valence-corrected chi connectivity index (χ0v) is 18.4. The van der Waals surface area contributed by atoms with Crippen LogP contribution in [0.15, 0.2) is 0 Å². The Morgan fingerprint density at radius 1 is 0.900 bits per heavy atom. The van der Waals surface area contributed by atoms with Crippen molar-refractivity contribution in [1.82, 2.24) is 0 Å². The van der Waals surface area contributed by atoms with Gasteiger partial charge in [0.05, 0.1) is 6.61 Å². The molecule has 5 unspecified atom stereocenters. The van der Waals surface area contributed by atoms with Gasteiger partial charge in [-0.25, -0.2) is 0 Å². The summed E-state index contributed by atoms with van der Waals surface area (Å²) in [6, 6.07) is 0. The molecular weight excluding hydrogens is 395 g/mol. The number of esters is 2. The van der Waals surface area contributed by atoms with Crippen LogP contribution in [-0.2, 0) is 33.2 Å². The van der Waals surface area contributed by atoms with Crippen molar-refractivity contribution < 1.29 is 43.4 Å². The van der Waals surface area contributed by atoms with E-state index in [-0.39, 0.29) is 19.0 Å². The van der Waals surface area contributed by atoms with Crippen molar-refractivity contribution in [2.24, 2.45) is 0 Å². The second-order valence-electron chi connectivity index (χ2n) is 7.64. The molecule has 0 heterocycles. The molecule has 0 aliphatic heterocycles. The summed E-state index contributed by atoms with van der Waals surface area (Å²) in [5, 5.41) is 19.8. The second-order valence-corrected chi connectivity index (χ2v) is 7.64. The van der Waals surface area contributed by atoms with Gasteiger partial charge in [-0.2, -0.15) is 0 Å². The molecule has 0 spiro atoms. The molecule has 2 N–H and O–H groups in total. The number of hydrogen-bond donors (Lipinski definition) is 2. The maximum Gasteiger partial charge on any atom is 0.306 e. The maximum atomic E-state index is 11.9. The number of hydrogen-bond acceptors (Lipinski definition) is 9. The number of carbonyl (C=O) groups is 2. The molecule has 10 heteroatoms. The average molecular weight is 432 g/mol. The third-order valence-corrected chi connectivity index (χ3v) is 4.93. The van der Waals surface area contributed by atoms with E-state index in [1.165, 1.54) is 0 Å². The molecule has 5 atom stereocenters. The molecule has 1 fully saturated rings. The number of ether oxygens (including phenoxy) is 4. The molecule has 30 heavy (non-hydrogen) atoms.